The van der Waals surface area contributed by atoms with Crippen LogP contribution in [0, 0.1) is 0 Å². The molecular weight excluding hydrogens is 453 g/mol. The Balaban J connectivity index is 1.64. The number of nitrogens with one attached hydrogen (secondary N) is 2. The zero-order valence-corrected chi connectivity index (χ0v) is 18.7. The van der Waals surface area contributed by atoms with Crippen LogP contribution in [-0.4, -0.2) is 33.6 Å². The Hall–Kier alpha value is -3.13. The maximum atomic E-state index is 12.2. The highest BCUT2D eigenvalue weighted by molar-refractivity contribution is 6.37. The molecule has 1 aromatic carbocycles. The second-order valence-corrected chi connectivity index (χ2v) is 7.45. The van der Waals surface area contributed by atoms with E-state index in [1.807, 2.05) is 6.07 Å². The third-order valence-electron chi connectivity index (χ3n) is 4.60. The first-order valence-corrected chi connectivity index (χ1v) is 10.5. The molecule has 0 spiro atoms. The van der Waals surface area contributed by atoms with Crippen LogP contribution in [0.4, 0.5) is 0 Å². The second-order valence-electron chi connectivity index (χ2n) is 6.66. The monoisotopic (exact) mass is 473 g/mol. The van der Waals surface area contributed by atoms with Crippen LogP contribution in [0.5, 0.6) is 0 Å². The number of carbonyl (C=O) groups is 2. The number of amides is 1. The number of rotatable bonds is 8. The maximum absolute atomic E-state index is 12.2. The summed E-state index contributed by atoms with van der Waals surface area (Å²) in [5.74, 6) is -0.798. The van der Waals surface area contributed by atoms with Gasteiger partial charge in [0, 0.05) is 45.9 Å². The lowest BCUT2D eigenvalue weighted by molar-refractivity contribution is -0.116. The van der Waals surface area contributed by atoms with Gasteiger partial charge in [-0.2, -0.15) is 0 Å². The van der Waals surface area contributed by atoms with E-state index < -0.39 is 5.97 Å². The first-order valence-electron chi connectivity index (χ1n) is 9.78. The van der Waals surface area contributed by atoms with Crippen molar-refractivity contribution in [3.05, 3.63) is 81.4 Å². The van der Waals surface area contributed by atoms with Crippen LogP contribution in [0.2, 0.25) is 10.0 Å². The van der Waals surface area contributed by atoms with E-state index in [4.69, 9.17) is 27.9 Å². The lowest BCUT2D eigenvalue weighted by Gasteiger charge is -2.11. The highest BCUT2D eigenvalue weighted by atomic mass is 35.5. The van der Waals surface area contributed by atoms with E-state index in [9.17, 15) is 14.7 Å². The summed E-state index contributed by atoms with van der Waals surface area (Å²) < 4.78 is 4.89. The highest BCUT2D eigenvalue weighted by Gasteiger charge is 2.15. The van der Waals surface area contributed by atoms with Gasteiger partial charge < -0.3 is 20.1 Å². The molecule has 0 saturated heterocycles. The summed E-state index contributed by atoms with van der Waals surface area (Å²) in [7, 11) is 0. The molecule has 0 unspecified atom stereocenters. The highest BCUT2D eigenvalue weighted by Crippen LogP contribution is 2.36. The zero-order chi connectivity index (χ0) is 23.1. The summed E-state index contributed by atoms with van der Waals surface area (Å²) in [4.78, 5) is 31.0. The number of H-pyrrole nitrogens is 1. The van der Waals surface area contributed by atoms with Crippen molar-refractivity contribution in [1.82, 2.24) is 15.3 Å². The Kier molecular flexibility index (Phi) is 8.05. The fourth-order valence-corrected chi connectivity index (χ4v) is 3.58. The first kappa shape index (κ1) is 23.5. The van der Waals surface area contributed by atoms with Gasteiger partial charge in [-0.25, -0.2) is 9.78 Å². The quantitative estimate of drug-likeness (QED) is 0.332. The number of aliphatic hydroxyl groups excluding tert-OH is 1. The second kappa shape index (κ2) is 10.9. The Morgan fingerprint density at radius 1 is 1.19 bits per heavy atom. The van der Waals surface area contributed by atoms with Gasteiger partial charge in [0.1, 0.15) is 5.69 Å². The smallest absolute Gasteiger partial charge is 0.356 e. The van der Waals surface area contributed by atoms with Crippen LogP contribution in [0.1, 0.15) is 34.2 Å². The van der Waals surface area contributed by atoms with Gasteiger partial charge in [0.25, 0.3) is 0 Å². The molecule has 2 heterocycles. The van der Waals surface area contributed by atoms with E-state index in [1.165, 1.54) is 18.3 Å². The molecule has 0 bridgehead atoms. The minimum absolute atomic E-state index is 0.206. The average molecular weight is 474 g/mol. The van der Waals surface area contributed by atoms with Crippen molar-refractivity contribution in [3.63, 3.8) is 0 Å². The van der Waals surface area contributed by atoms with Crippen LogP contribution in [0.25, 0.3) is 17.2 Å². The molecule has 3 rings (SSSR count). The van der Waals surface area contributed by atoms with Crippen molar-refractivity contribution >= 4 is 41.2 Å². The third kappa shape index (κ3) is 5.56. The molecule has 2 aromatic heterocycles. The van der Waals surface area contributed by atoms with Gasteiger partial charge in [0.05, 0.1) is 24.8 Å². The van der Waals surface area contributed by atoms with Gasteiger partial charge in [-0.05, 0) is 36.8 Å². The first-order chi connectivity index (χ1) is 15.4. The number of pyridine rings is 1. The third-order valence-corrected chi connectivity index (χ3v) is 5.39. The van der Waals surface area contributed by atoms with Crippen molar-refractivity contribution in [2.24, 2.45) is 0 Å². The number of ether oxygens (including phenoxy) is 1. The Morgan fingerprint density at radius 2 is 2.00 bits per heavy atom. The number of aliphatic hydroxyl groups is 1. The summed E-state index contributed by atoms with van der Waals surface area (Å²) in [6.07, 6.45) is 6.20. The van der Waals surface area contributed by atoms with E-state index >= 15 is 0 Å². The molecule has 0 aliphatic carbocycles. The van der Waals surface area contributed by atoms with Gasteiger partial charge in [-0.3, -0.25) is 4.79 Å². The van der Waals surface area contributed by atoms with E-state index in [0.29, 0.717) is 26.7 Å². The van der Waals surface area contributed by atoms with Gasteiger partial charge in [0.15, 0.2) is 0 Å². The normalized spacial score (nSPS) is 11.0. The fraction of sp³-hybridized carbons (Fsp3) is 0.174. The van der Waals surface area contributed by atoms with Crippen molar-refractivity contribution in [2.75, 3.05) is 6.61 Å². The van der Waals surface area contributed by atoms with Gasteiger partial charge >= 0.3 is 5.97 Å². The molecule has 0 fully saturated rings. The van der Waals surface area contributed by atoms with Crippen LogP contribution >= 0.6 is 23.2 Å². The van der Waals surface area contributed by atoms with E-state index in [-0.39, 0.29) is 31.4 Å². The van der Waals surface area contributed by atoms with E-state index in [2.05, 4.69) is 15.3 Å². The Labute approximate surface area is 195 Å². The standard InChI is InChI=1S/C23H21Cl2N3O4/c1-2-32-23(31)19-7-3-14(11-27-19)4-8-21(30)28-12-20-15(9-10-26-20)16-5-6-18(24)17(13-29)22(16)25/h3-11,26,29H,2,12-13H2,1H3,(H,28,30)/b8-4+. The molecule has 0 saturated carbocycles. The predicted octanol–water partition coefficient (Wildman–Crippen LogP) is 4.38. The average Bonchev–Trinajstić information content (AvgIpc) is 3.25. The molecule has 7 nitrogen and oxygen atoms in total. The molecule has 9 heteroatoms. The number of aromatic nitrogens is 2. The maximum Gasteiger partial charge on any atom is 0.356 e. The van der Waals surface area contributed by atoms with Crippen molar-refractivity contribution in [2.45, 2.75) is 20.1 Å². The summed E-state index contributed by atoms with van der Waals surface area (Å²) >= 11 is 12.5. The Morgan fingerprint density at radius 3 is 2.69 bits per heavy atom. The lowest BCUT2D eigenvalue weighted by Crippen LogP contribution is -2.20. The molecule has 0 atom stereocenters. The molecule has 166 valence electrons. The molecule has 0 aliphatic rings. The van der Waals surface area contributed by atoms with Crippen LogP contribution in [-0.2, 0) is 22.7 Å². The molecule has 1 amide bonds. The minimum atomic E-state index is -0.491. The van der Waals surface area contributed by atoms with E-state index in [0.717, 1.165) is 11.3 Å². The van der Waals surface area contributed by atoms with Crippen molar-refractivity contribution in [1.29, 1.82) is 0 Å². The predicted molar refractivity (Wildman–Crippen MR) is 123 cm³/mol. The Bertz CT molecular complexity index is 1140. The van der Waals surface area contributed by atoms with Gasteiger partial charge in [-0.15, -0.1) is 0 Å². The number of carbonyl (C=O) groups excluding carboxylic acids is 2. The lowest BCUT2D eigenvalue weighted by atomic mass is 10.0. The molecule has 3 N–H and O–H groups in total. The topological polar surface area (TPSA) is 104 Å². The number of nitrogens with zero attached hydrogens (tertiary/aromatic N) is 1. The van der Waals surface area contributed by atoms with Crippen LogP contribution in [0.15, 0.2) is 48.8 Å². The van der Waals surface area contributed by atoms with Crippen molar-refractivity contribution < 1.29 is 19.4 Å². The number of hydrogen-bond acceptors (Lipinski definition) is 5. The minimum Gasteiger partial charge on any atom is -0.461 e. The van der Waals surface area contributed by atoms with Gasteiger partial charge in [0.2, 0.25) is 5.91 Å². The molecular formula is C23H21Cl2N3O4. The zero-order valence-electron chi connectivity index (χ0n) is 17.2. The van der Waals surface area contributed by atoms with Gasteiger partial charge in [-0.1, -0.05) is 35.3 Å². The molecule has 3 aromatic rings. The largest absolute Gasteiger partial charge is 0.461 e. The van der Waals surface area contributed by atoms with E-state index in [1.54, 1.807) is 37.4 Å². The van der Waals surface area contributed by atoms with Crippen molar-refractivity contribution in [3.8, 4) is 11.1 Å². The summed E-state index contributed by atoms with van der Waals surface area (Å²) in [5.41, 5.74) is 3.57. The molecule has 0 radical (unpaired) electrons. The number of aromatic amines is 1. The van der Waals surface area contributed by atoms with Crippen LogP contribution in [0.3, 0.4) is 0 Å². The summed E-state index contributed by atoms with van der Waals surface area (Å²) in [6, 6.07) is 8.49. The number of esters is 1. The number of hydrogen-bond donors (Lipinski definition) is 3. The SMILES string of the molecule is CCOC(=O)c1ccc(/C=C/C(=O)NCc2[nH]ccc2-c2ccc(Cl)c(CO)c2Cl)cn1. The van der Waals surface area contributed by atoms with Crippen LogP contribution < -0.4 is 5.32 Å². The molecule has 0 aliphatic heterocycles. The fourth-order valence-electron chi connectivity index (χ4n) is 2.99. The summed E-state index contributed by atoms with van der Waals surface area (Å²) in [6.45, 7) is 1.96. The molecule has 32 heavy (non-hydrogen) atoms. The number of halogens is 2. The summed E-state index contributed by atoms with van der Waals surface area (Å²) in [5, 5.41) is 13.1. The number of benzene rings is 1.